The molecule has 0 aromatic heterocycles. The first kappa shape index (κ1) is 14.0. The van der Waals surface area contributed by atoms with Gasteiger partial charge < -0.3 is 5.11 Å². The predicted molar refractivity (Wildman–Crippen MR) is 67.4 cm³/mol. The molecule has 1 N–H and O–H groups in total. The molecule has 0 aliphatic rings. The molecule has 1 aromatic rings. The van der Waals surface area contributed by atoms with E-state index in [0.717, 1.165) is 12.8 Å². The van der Waals surface area contributed by atoms with Gasteiger partial charge in [0.25, 0.3) is 0 Å². The van der Waals surface area contributed by atoms with Gasteiger partial charge in [0.15, 0.2) is 0 Å². The molecule has 0 saturated carbocycles. The van der Waals surface area contributed by atoms with Gasteiger partial charge in [0, 0.05) is 13.1 Å². The zero-order valence-electron chi connectivity index (χ0n) is 10.3. The molecule has 0 aliphatic carbocycles. The summed E-state index contributed by atoms with van der Waals surface area (Å²) in [6.45, 7) is 4.96. The maximum Gasteiger partial charge on any atom is 0.243 e. The Balaban J connectivity index is 3.02. The lowest BCUT2D eigenvalue weighted by molar-refractivity contribution is 0.410. The molecule has 5 heteroatoms. The number of hydrogen-bond donors (Lipinski definition) is 1. The summed E-state index contributed by atoms with van der Waals surface area (Å²) in [6.07, 6.45) is 1.58. The van der Waals surface area contributed by atoms with Crippen molar-refractivity contribution < 1.29 is 13.5 Å². The van der Waals surface area contributed by atoms with Crippen LogP contribution in [0.3, 0.4) is 0 Å². The number of phenolic OH excluding ortho intramolecular Hbond substituents is 1. The van der Waals surface area contributed by atoms with E-state index < -0.39 is 10.0 Å². The highest BCUT2D eigenvalue weighted by atomic mass is 32.2. The third kappa shape index (κ3) is 3.44. The Morgan fingerprint density at radius 3 is 1.94 bits per heavy atom. The molecule has 1 rings (SSSR count). The van der Waals surface area contributed by atoms with Crippen LogP contribution >= 0.6 is 0 Å². The lowest BCUT2D eigenvalue weighted by atomic mass is 10.3. The van der Waals surface area contributed by atoms with Crippen LogP contribution in [0.25, 0.3) is 0 Å². The Hall–Kier alpha value is -1.07. The van der Waals surface area contributed by atoms with Gasteiger partial charge in [-0.2, -0.15) is 4.31 Å². The van der Waals surface area contributed by atoms with E-state index in [1.54, 1.807) is 0 Å². The molecule has 0 atom stereocenters. The maximum atomic E-state index is 12.3. The van der Waals surface area contributed by atoms with Crippen LogP contribution < -0.4 is 0 Å². The molecule has 0 heterocycles. The number of hydrogen-bond acceptors (Lipinski definition) is 3. The fraction of sp³-hybridized carbons (Fsp3) is 0.500. The highest BCUT2D eigenvalue weighted by molar-refractivity contribution is 7.89. The van der Waals surface area contributed by atoms with Crippen molar-refractivity contribution in [2.75, 3.05) is 13.1 Å². The van der Waals surface area contributed by atoms with Crippen LogP contribution in [0, 0.1) is 0 Å². The molecular formula is C12H19NO3S. The van der Waals surface area contributed by atoms with Crippen LogP contribution in [0.15, 0.2) is 29.2 Å². The van der Waals surface area contributed by atoms with Crippen LogP contribution in [0.4, 0.5) is 0 Å². The van der Waals surface area contributed by atoms with E-state index in [2.05, 4.69) is 0 Å². The van der Waals surface area contributed by atoms with Crippen molar-refractivity contribution in [3.05, 3.63) is 24.3 Å². The fourth-order valence-corrected chi connectivity index (χ4v) is 3.24. The standard InChI is InChI=1S/C12H19NO3S/c1-3-9-13(10-4-2)17(15,16)12-7-5-11(14)6-8-12/h5-8,14H,3-4,9-10H2,1-2H3. The SMILES string of the molecule is CCCN(CCC)S(=O)(=O)c1ccc(O)cc1. The lowest BCUT2D eigenvalue weighted by Crippen LogP contribution is -2.32. The van der Waals surface area contributed by atoms with E-state index in [-0.39, 0.29) is 10.6 Å². The maximum absolute atomic E-state index is 12.3. The molecule has 0 unspecified atom stereocenters. The molecule has 1 aromatic carbocycles. The Morgan fingerprint density at radius 2 is 1.53 bits per heavy atom. The summed E-state index contributed by atoms with van der Waals surface area (Å²) in [4.78, 5) is 0.234. The van der Waals surface area contributed by atoms with Crippen molar-refractivity contribution in [1.82, 2.24) is 4.31 Å². The minimum atomic E-state index is -3.42. The van der Waals surface area contributed by atoms with E-state index in [4.69, 9.17) is 5.11 Å². The van der Waals surface area contributed by atoms with Crippen molar-refractivity contribution in [2.45, 2.75) is 31.6 Å². The van der Waals surface area contributed by atoms with Gasteiger partial charge in [-0.1, -0.05) is 13.8 Å². The predicted octanol–water partition coefficient (Wildman–Crippen LogP) is 2.20. The summed E-state index contributed by atoms with van der Waals surface area (Å²) in [6, 6.07) is 5.65. The van der Waals surface area contributed by atoms with E-state index >= 15 is 0 Å². The largest absolute Gasteiger partial charge is 0.508 e. The van der Waals surface area contributed by atoms with E-state index in [1.165, 1.54) is 28.6 Å². The molecule has 0 spiro atoms. The van der Waals surface area contributed by atoms with Gasteiger partial charge in [-0.3, -0.25) is 0 Å². The van der Waals surface area contributed by atoms with Gasteiger partial charge in [-0.15, -0.1) is 0 Å². The molecular weight excluding hydrogens is 238 g/mol. The summed E-state index contributed by atoms with van der Waals surface area (Å²) < 4.78 is 26.0. The minimum absolute atomic E-state index is 0.0708. The van der Waals surface area contributed by atoms with Crippen molar-refractivity contribution in [3.8, 4) is 5.75 Å². The van der Waals surface area contributed by atoms with Gasteiger partial charge in [-0.25, -0.2) is 8.42 Å². The van der Waals surface area contributed by atoms with Gasteiger partial charge >= 0.3 is 0 Å². The average molecular weight is 257 g/mol. The van der Waals surface area contributed by atoms with Crippen LogP contribution in [-0.4, -0.2) is 30.9 Å². The quantitative estimate of drug-likeness (QED) is 0.850. The smallest absolute Gasteiger partial charge is 0.243 e. The lowest BCUT2D eigenvalue weighted by Gasteiger charge is -2.20. The molecule has 96 valence electrons. The molecule has 0 fully saturated rings. The second kappa shape index (κ2) is 6.02. The van der Waals surface area contributed by atoms with Crippen LogP contribution in [-0.2, 0) is 10.0 Å². The third-order valence-corrected chi connectivity index (χ3v) is 4.33. The second-order valence-corrected chi connectivity index (χ2v) is 5.84. The summed E-state index contributed by atoms with van der Waals surface area (Å²) in [7, 11) is -3.42. The summed E-state index contributed by atoms with van der Waals surface area (Å²) in [5.41, 5.74) is 0. The molecule has 0 amide bonds. The van der Waals surface area contributed by atoms with Crippen molar-refractivity contribution in [1.29, 1.82) is 0 Å². The van der Waals surface area contributed by atoms with Gasteiger partial charge in [-0.05, 0) is 37.1 Å². The van der Waals surface area contributed by atoms with E-state index in [0.29, 0.717) is 13.1 Å². The number of phenols is 1. The summed E-state index contributed by atoms with van der Waals surface area (Å²) in [5, 5.41) is 9.16. The number of rotatable bonds is 6. The first-order chi connectivity index (χ1) is 8.02. The zero-order valence-corrected chi connectivity index (χ0v) is 11.1. The highest BCUT2D eigenvalue weighted by Gasteiger charge is 2.22. The zero-order chi connectivity index (χ0) is 12.9. The summed E-state index contributed by atoms with van der Waals surface area (Å²) in [5.74, 6) is 0.0708. The number of nitrogens with zero attached hydrogens (tertiary/aromatic N) is 1. The van der Waals surface area contributed by atoms with Gasteiger partial charge in [0.2, 0.25) is 10.0 Å². The monoisotopic (exact) mass is 257 g/mol. The van der Waals surface area contributed by atoms with Gasteiger partial charge in [0.1, 0.15) is 5.75 Å². The van der Waals surface area contributed by atoms with E-state index in [1.807, 2.05) is 13.8 Å². The van der Waals surface area contributed by atoms with Crippen molar-refractivity contribution >= 4 is 10.0 Å². The van der Waals surface area contributed by atoms with Crippen LogP contribution in [0.2, 0.25) is 0 Å². The Morgan fingerprint density at radius 1 is 1.06 bits per heavy atom. The fourth-order valence-electron chi connectivity index (χ4n) is 1.62. The Bertz CT molecular complexity index is 433. The number of aromatic hydroxyl groups is 1. The molecule has 17 heavy (non-hydrogen) atoms. The minimum Gasteiger partial charge on any atom is -0.508 e. The topological polar surface area (TPSA) is 57.6 Å². The Kier molecular flexibility index (Phi) is 4.96. The molecule has 0 radical (unpaired) electrons. The van der Waals surface area contributed by atoms with Gasteiger partial charge in [0.05, 0.1) is 4.90 Å². The van der Waals surface area contributed by atoms with Crippen molar-refractivity contribution in [2.24, 2.45) is 0 Å². The van der Waals surface area contributed by atoms with Crippen LogP contribution in [0.1, 0.15) is 26.7 Å². The molecule has 4 nitrogen and oxygen atoms in total. The third-order valence-electron chi connectivity index (χ3n) is 2.42. The molecule has 0 saturated heterocycles. The van der Waals surface area contributed by atoms with Crippen LogP contribution in [0.5, 0.6) is 5.75 Å². The number of sulfonamides is 1. The van der Waals surface area contributed by atoms with E-state index in [9.17, 15) is 8.42 Å². The molecule has 0 aliphatic heterocycles. The van der Waals surface area contributed by atoms with Crippen molar-refractivity contribution in [3.63, 3.8) is 0 Å². The first-order valence-corrected chi connectivity index (χ1v) is 7.25. The second-order valence-electron chi connectivity index (χ2n) is 3.90. The highest BCUT2D eigenvalue weighted by Crippen LogP contribution is 2.19. The normalized spacial score (nSPS) is 11.9. The first-order valence-electron chi connectivity index (χ1n) is 5.81. The number of benzene rings is 1. The molecule has 0 bridgehead atoms. The Labute approximate surface area is 103 Å². The summed E-state index contributed by atoms with van der Waals surface area (Å²) >= 11 is 0. The average Bonchev–Trinajstić information content (AvgIpc) is 2.29.